The quantitative estimate of drug-likeness (QED) is 0.592. The molecular weight excluding hydrogens is 176 g/mol. The van der Waals surface area contributed by atoms with Crippen molar-refractivity contribution in [2.75, 3.05) is 41.3 Å². The van der Waals surface area contributed by atoms with E-state index in [1.165, 1.54) is 0 Å². The minimum absolute atomic E-state index is 0.0394. The van der Waals surface area contributed by atoms with E-state index in [0.717, 1.165) is 13.1 Å². The largest absolute Gasteiger partial charge is 0.309 e. The third kappa shape index (κ3) is 5.14. The second-order valence-corrected chi connectivity index (χ2v) is 4.37. The Kier molecular flexibility index (Phi) is 5.65. The summed E-state index contributed by atoms with van der Waals surface area (Å²) in [6.07, 6.45) is 0. The zero-order valence-corrected chi connectivity index (χ0v) is 10.0. The number of carbonyl (C=O) groups is 1. The highest BCUT2D eigenvalue weighted by molar-refractivity contribution is 5.96. The molecule has 0 unspecified atom stereocenters. The Morgan fingerprint density at radius 3 is 1.71 bits per heavy atom. The highest BCUT2D eigenvalue weighted by Crippen LogP contribution is 2.07. The second kappa shape index (κ2) is 5.94. The van der Waals surface area contributed by atoms with Gasteiger partial charge in [-0.2, -0.15) is 0 Å². The summed E-state index contributed by atoms with van der Waals surface area (Å²) in [6, 6.07) is 0. The third-order valence-corrected chi connectivity index (χ3v) is 1.96. The Morgan fingerprint density at radius 2 is 1.50 bits per heavy atom. The molecule has 0 atom stereocenters. The Hall–Kier alpha value is -0.670. The van der Waals surface area contributed by atoms with Crippen molar-refractivity contribution in [1.29, 1.82) is 0 Å². The number of nitrogens with zero attached hydrogens (tertiary/aromatic N) is 2. The highest BCUT2D eigenvalue weighted by atomic mass is 16.1. The standard InChI is InChI=1S/C11H22N2O/c1-9(2)11(14)10(7-12(3)4)8-13(5)6/h10H,1,7-8H2,2-6H3. The Balaban J connectivity index is 4.38. The van der Waals surface area contributed by atoms with E-state index in [4.69, 9.17) is 0 Å². The number of allylic oxidation sites excluding steroid dienone is 1. The lowest BCUT2D eigenvalue weighted by atomic mass is 9.98. The molecule has 0 bridgehead atoms. The van der Waals surface area contributed by atoms with Gasteiger partial charge >= 0.3 is 0 Å². The van der Waals surface area contributed by atoms with Gasteiger partial charge in [-0.05, 0) is 40.7 Å². The molecule has 3 heteroatoms. The molecule has 0 fully saturated rings. The maximum Gasteiger partial charge on any atom is 0.163 e. The van der Waals surface area contributed by atoms with Crippen LogP contribution in [0.1, 0.15) is 6.92 Å². The molecule has 0 saturated carbocycles. The SMILES string of the molecule is C=C(C)C(=O)C(CN(C)C)CN(C)C. The van der Waals surface area contributed by atoms with Crippen LogP contribution in [-0.4, -0.2) is 56.9 Å². The molecule has 0 radical (unpaired) electrons. The average Bonchev–Trinajstić information content (AvgIpc) is 1.99. The van der Waals surface area contributed by atoms with Crippen LogP contribution in [0.2, 0.25) is 0 Å². The molecule has 0 heterocycles. The number of Topliss-reactive ketones (excluding diaryl/α,β-unsaturated/α-hetero) is 1. The van der Waals surface area contributed by atoms with E-state index in [9.17, 15) is 4.79 Å². The van der Waals surface area contributed by atoms with Gasteiger partial charge in [-0.3, -0.25) is 4.79 Å². The number of carbonyl (C=O) groups excluding carboxylic acids is 1. The monoisotopic (exact) mass is 198 g/mol. The highest BCUT2D eigenvalue weighted by Gasteiger charge is 2.20. The molecule has 0 aromatic carbocycles. The zero-order chi connectivity index (χ0) is 11.3. The van der Waals surface area contributed by atoms with Crippen LogP contribution >= 0.6 is 0 Å². The first kappa shape index (κ1) is 13.3. The van der Waals surface area contributed by atoms with Gasteiger partial charge in [-0.25, -0.2) is 0 Å². The molecule has 0 saturated heterocycles. The molecule has 0 N–H and O–H groups in total. The molecular formula is C11H22N2O. The molecule has 0 amide bonds. The Morgan fingerprint density at radius 1 is 1.14 bits per heavy atom. The van der Waals surface area contributed by atoms with Gasteiger partial charge in [-0.1, -0.05) is 6.58 Å². The van der Waals surface area contributed by atoms with Crippen molar-refractivity contribution >= 4 is 5.78 Å². The third-order valence-electron chi connectivity index (χ3n) is 1.96. The van der Waals surface area contributed by atoms with E-state index >= 15 is 0 Å². The molecule has 0 aliphatic rings. The lowest BCUT2D eigenvalue weighted by Crippen LogP contribution is -2.35. The van der Waals surface area contributed by atoms with E-state index < -0.39 is 0 Å². The van der Waals surface area contributed by atoms with E-state index in [1.54, 1.807) is 6.92 Å². The minimum atomic E-state index is 0.0394. The van der Waals surface area contributed by atoms with Crippen molar-refractivity contribution in [2.45, 2.75) is 6.92 Å². The molecule has 0 aliphatic heterocycles. The van der Waals surface area contributed by atoms with Gasteiger partial charge in [0.1, 0.15) is 0 Å². The second-order valence-electron chi connectivity index (χ2n) is 4.37. The van der Waals surface area contributed by atoms with Crippen molar-refractivity contribution in [1.82, 2.24) is 9.80 Å². The van der Waals surface area contributed by atoms with Crippen LogP contribution in [0.25, 0.3) is 0 Å². The average molecular weight is 198 g/mol. The van der Waals surface area contributed by atoms with Crippen molar-refractivity contribution in [3.8, 4) is 0 Å². The number of hydrogen-bond acceptors (Lipinski definition) is 3. The van der Waals surface area contributed by atoms with E-state index in [-0.39, 0.29) is 11.7 Å². The lowest BCUT2D eigenvalue weighted by Gasteiger charge is -2.23. The number of ketones is 1. The van der Waals surface area contributed by atoms with E-state index in [2.05, 4.69) is 6.58 Å². The number of hydrogen-bond donors (Lipinski definition) is 0. The molecule has 14 heavy (non-hydrogen) atoms. The summed E-state index contributed by atoms with van der Waals surface area (Å²) in [7, 11) is 7.92. The maximum atomic E-state index is 11.8. The first-order valence-electron chi connectivity index (χ1n) is 4.83. The summed E-state index contributed by atoms with van der Waals surface area (Å²) in [5, 5.41) is 0. The normalized spacial score (nSPS) is 11.4. The van der Waals surface area contributed by atoms with Gasteiger partial charge in [-0.15, -0.1) is 0 Å². The van der Waals surface area contributed by atoms with Crippen molar-refractivity contribution < 1.29 is 4.79 Å². The number of rotatable bonds is 6. The summed E-state index contributed by atoms with van der Waals surface area (Å²) in [6.45, 7) is 7.05. The Labute approximate surface area is 87.4 Å². The minimum Gasteiger partial charge on any atom is -0.309 e. The Bertz CT molecular complexity index is 199. The maximum absolute atomic E-state index is 11.8. The first-order chi connectivity index (χ1) is 6.34. The van der Waals surface area contributed by atoms with Crippen molar-refractivity contribution in [3.63, 3.8) is 0 Å². The van der Waals surface area contributed by atoms with Crippen LogP contribution < -0.4 is 0 Å². The summed E-state index contributed by atoms with van der Waals surface area (Å²) >= 11 is 0. The van der Waals surface area contributed by atoms with Gasteiger partial charge in [0.15, 0.2) is 5.78 Å². The predicted octanol–water partition coefficient (Wildman–Crippen LogP) is 0.871. The van der Waals surface area contributed by atoms with Crippen LogP contribution in [0.4, 0.5) is 0 Å². The van der Waals surface area contributed by atoms with Crippen LogP contribution in [-0.2, 0) is 4.79 Å². The fraction of sp³-hybridized carbons (Fsp3) is 0.727. The first-order valence-corrected chi connectivity index (χ1v) is 4.83. The summed E-state index contributed by atoms with van der Waals surface area (Å²) in [4.78, 5) is 15.8. The van der Waals surface area contributed by atoms with Crippen molar-refractivity contribution in [3.05, 3.63) is 12.2 Å². The zero-order valence-electron chi connectivity index (χ0n) is 10.0. The van der Waals surface area contributed by atoms with Gasteiger partial charge in [0.2, 0.25) is 0 Å². The van der Waals surface area contributed by atoms with Crippen LogP contribution in [0, 0.1) is 5.92 Å². The molecule has 3 nitrogen and oxygen atoms in total. The van der Waals surface area contributed by atoms with Crippen LogP contribution in [0.3, 0.4) is 0 Å². The van der Waals surface area contributed by atoms with E-state index in [1.807, 2.05) is 38.0 Å². The molecule has 0 aromatic rings. The summed E-state index contributed by atoms with van der Waals surface area (Å²) in [5.41, 5.74) is 0.652. The van der Waals surface area contributed by atoms with E-state index in [0.29, 0.717) is 5.57 Å². The molecule has 82 valence electrons. The van der Waals surface area contributed by atoms with Crippen molar-refractivity contribution in [2.24, 2.45) is 5.92 Å². The summed E-state index contributed by atoms with van der Waals surface area (Å²) < 4.78 is 0. The smallest absolute Gasteiger partial charge is 0.163 e. The molecule has 0 rings (SSSR count). The predicted molar refractivity (Wildman–Crippen MR) is 60.4 cm³/mol. The topological polar surface area (TPSA) is 23.6 Å². The van der Waals surface area contributed by atoms with Gasteiger partial charge < -0.3 is 9.80 Å². The molecule has 0 aromatic heterocycles. The summed E-state index contributed by atoms with van der Waals surface area (Å²) in [5.74, 6) is 0.213. The van der Waals surface area contributed by atoms with Gasteiger partial charge in [0.05, 0.1) is 0 Å². The fourth-order valence-corrected chi connectivity index (χ4v) is 1.45. The molecule has 0 spiro atoms. The van der Waals surface area contributed by atoms with Crippen LogP contribution in [0.5, 0.6) is 0 Å². The lowest BCUT2D eigenvalue weighted by molar-refractivity contribution is -0.120. The van der Waals surface area contributed by atoms with Crippen LogP contribution in [0.15, 0.2) is 12.2 Å². The van der Waals surface area contributed by atoms with Gasteiger partial charge in [0, 0.05) is 19.0 Å². The van der Waals surface area contributed by atoms with Gasteiger partial charge in [0.25, 0.3) is 0 Å². The fourth-order valence-electron chi connectivity index (χ4n) is 1.45. The molecule has 0 aliphatic carbocycles.